The number of aromatic nitrogens is 2. The van der Waals surface area contributed by atoms with Crippen LogP contribution in [0.25, 0.3) is 10.2 Å². The molecule has 0 bridgehead atoms. The molecule has 0 unspecified atom stereocenters. The molecule has 1 aromatic carbocycles. The molecule has 0 saturated carbocycles. The Morgan fingerprint density at radius 1 is 1.41 bits per heavy atom. The van der Waals surface area contributed by atoms with Gasteiger partial charge in [-0.3, -0.25) is 14.2 Å². The van der Waals surface area contributed by atoms with Gasteiger partial charge in [-0.15, -0.1) is 17.9 Å². The minimum absolute atomic E-state index is 0.0568. The third-order valence-corrected chi connectivity index (χ3v) is 8.15. The molecule has 0 aliphatic heterocycles. The van der Waals surface area contributed by atoms with Crippen molar-refractivity contribution in [1.82, 2.24) is 9.55 Å². The van der Waals surface area contributed by atoms with E-state index in [0.717, 1.165) is 35.0 Å². The SMILES string of the molecule is C=CCn1c(S[C@H](C)C(=O)Nc2cc(Cl)cc(Cl)c2)nc2sc3c(c2c1=O)CC[C@@H](C)C3. The van der Waals surface area contributed by atoms with Crippen LogP contribution in [0.1, 0.15) is 30.7 Å². The lowest BCUT2D eigenvalue weighted by molar-refractivity contribution is -0.115. The number of amides is 1. The summed E-state index contributed by atoms with van der Waals surface area (Å²) in [5.41, 5.74) is 1.61. The fraction of sp³-hybridized carbons (Fsp3) is 0.348. The lowest BCUT2D eigenvalue weighted by Gasteiger charge is -2.18. The minimum atomic E-state index is -0.497. The maximum Gasteiger partial charge on any atom is 0.263 e. The molecule has 168 valence electrons. The van der Waals surface area contributed by atoms with Crippen molar-refractivity contribution >= 4 is 68.1 Å². The van der Waals surface area contributed by atoms with Gasteiger partial charge < -0.3 is 5.32 Å². The van der Waals surface area contributed by atoms with Crippen LogP contribution < -0.4 is 10.9 Å². The second-order valence-corrected chi connectivity index (χ2v) is 11.3. The summed E-state index contributed by atoms with van der Waals surface area (Å²) in [7, 11) is 0. The van der Waals surface area contributed by atoms with E-state index in [9.17, 15) is 9.59 Å². The van der Waals surface area contributed by atoms with Crippen molar-refractivity contribution < 1.29 is 4.79 Å². The van der Waals surface area contributed by atoms with Crippen LogP contribution in [0.4, 0.5) is 5.69 Å². The average molecular weight is 508 g/mol. The summed E-state index contributed by atoms with van der Waals surface area (Å²) >= 11 is 14.9. The van der Waals surface area contributed by atoms with Crippen LogP contribution in [0, 0.1) is 5.92 Å². The van der Waals surface area contributed by atoms with E-state index in [1.165, 1.54) is 16.6 Å². The van der Waals surface area contributed by atoms with Gasteiger partial charge in [0.25, 0.3) is 5.56 Å². The summed E-state index contributed by atoms with van der Waals surface area (Å²) in [5, 5.41) is 4.46. The molecule has 9 heteroatoms. The molecular formula is C23H23Cl2N3O2S2. The van der Waals surface area contributed by atoms with Crippen molar-refractivity contribution in [3.05, 3.63) is 61.7 Å². The van der Waals surface area contributed by atoms with E-state index >= 15 is 0 Å². The molecular weight excluding hydrogens is 485 g/mol. The molecule has 0 radical (unpaired) electrons. The molecule has 2 heterocycles. The molecule has 2 aromatic heterocycles. The van der Waals surface area contributed by atoms with Crippen molar-refractivity contribution in [2.75, 3.05) is 5.32 Å². The van der Waals surface area contributed by atoms with Gasteiger partial charge in [0.05, 0.1) is 10.6 Å². The lowest BCUT2D eigenvalue weighted by atomic mass is 9.89. The Morgan fingerprint density at radius 2 is 2.12 bits per heavy atom. The Kier molecular flexibility index (Phi) is 7.00. The molecule has 1 aliphatic carbocycles. The number of allylic oxidation sites excluding steroid dienone is 1. The number of rotatable bonds is 6. The van der Waals surface area contributed by atoms with E-state index in [4.69, 9.17) is 28.2 Å². The topological polar surface area (TPSA) is 64.0 Å². The molecule has 2 atom stereocenters. The Balaban J connectivity index is 1.65. The van der Waals surface area contributed by atoms with Gasteiger partial charge in [0.15, 0.2) is 5.16 Å². The molecule has 0 saturated heterocycles. The van der Waals surface area contributed by atoms with Gasteiger partial charge in [0.1, 0.15) is 4.83 Å². The Morgan fingerprint density at radius 3 is 2.81 bits per heavy atom. The number of halogens is 2. The summed E-state index contributed by atoms with van der Waals surface area (Å²) in [6.45, 7) is 8.15. The third-order valence-electron chi connectivity index (χ3n) is 5.47. The highest BCUT2D eigenvalue weighted by Gasteiger charge is 2.26. The summed E-state index contributed by atoms with van der Waals surface area (Å²) in [4.78, 5) is 33.0. The summed E-state index contributed by atoms with van der Waals surface area (Å²) in [6, 6.07) is 4.88. The Hall–Kier alpha value is -1.80. The molecule has 0 fully saturated rings. The number of anilines is 1. The zero-order valence-electron chi connectivity index (χ0n) is 17.8. The van der Waals surface area contributed by atoms with E-state index in [1.807, 2.05) is 0 Å². The van der Waals surface area contributed by atoms with Crippen LogP contribution in [-0.2, 0) is 24.2 Å². The fourth-order valence-corrected chi connectivity index (χ4v) is 6.73. The number of nitrogens with zero attached hydrogens (tertiary/aromatic N) is 2. The summed E-state index contributed by atoms with van der Waals surface area (Å²) < 4.78 is 1.62. The van der Waals surface area contributed by atoms with Gasteiger partial charge in [0.2, 0.25) is 5.91 Å². The molecule has 5 nitrogen and oxygen atoms in total. The van der Waals surface area contributed by atoms with Crippen LogP contribution in [0.5, 0.6) is 0 Å². The van der Waals surface area contributed by atoms with Crippen LogP contribution in [0.15, 0.2) is 40.8 Å². The number of carbonyl (C=O) groups excluding carboxylic acids is 1. The number of aryl methyl sites for hydroxylation is 1. The van der Waals surface area contributed by atoms with Crippen molar-refractivity contribution in [3.63, 3.8) is 0 Å². The van der Waals surface area contributed by atoms with E-state index in [1.54, 1.807) is 47.1 Å². The zero-order valence-corrected chi connectivity index (χ0v) is 20.9. The largest absolute Gasteiger partial charge is 0.325 e. The normalized spacial score (nSPS) is 16.6. The first-order valence-corrected chi connectivity index (χ1v) is 12.8. The monoisotopic (exact) mass is 507 g/mol. The number of nitrogens with one attached hydrogen (secondary N) is 1. The maximum absolute atomic E-state index is 13.4. The quantitative estimate of drug-likeness (QED) is 0.245. The number of fused-ring (bicyclic) bond motifs is 3. The van der Waals surface area contributed by atoms with E-state index in [0.29, 0.717) is 33.4 Å². The molecule has 4 rings (SSSR count). The Bertz CT molecular complexity index is 1250. The van der Waals surface area contributed by atoms with Gasteiger partial charge in [-0.25, -0.2) is 4.98 Å². The summed E-state index contributed by atoms with van der Waals surface area (Å²) in [6.07, 6.45) is 4.66. The minimum Gasteiger partial charge on any atom is -0.325 e. The highest BCUT2D eigenvalue weighted by Crippen LogP contribution is 2.37. The molecule has 1 aliphatic rings. The van der Waals surface area contributed by atoms with Crippen LogP contribution >= 0.6 is 46.3 Å². The fourth-order valence-electron chi connectivity index (χ4n) is 3.87. The standard InChI is InChI=1S/C23H23Cl2N3O2S2/c1-4-7-28-22(30)19-17-6-5-12(2)8-18(17)32-21(19)27-23(28)31-13(3)20(29)26-16-10-14(24)9-15(25)11-16/h4,9-13H,1,5-8H2,2-3H3,(H,26,29)/t12-,13-/m1/s1. The number of hydrogen-bond donors (Lipinski definition) is 1. The number of benzene rings is 1. The predicted molar refractivity (Wildman–Crippen MR) is 136 cm³/mol. The lowest BCUT2D eigenvalue weighted by Crippen LogP contribution is -2.27. The molecule has 1 N–H and O–H groups in total. The number of thiophene rings is 1. The van der Waals surface area contributed by atoms with Crippen molar-refractivity contribution in [2.45, 2.75) is 50.1 Å². The van der Waals surface area contributed by atoms with E-state index in [-0.39, 0.29) is 11.5 Å². The summed E-state index contributed by atoms with van der Waals surface area (Å²) in [5.74, 6) is 0.385. The highest BCUT2D eigenvalue weighted by molar-refractivity contribution is 8.00. The van der Waals surface area contributed by atoms with Crippen molar-refractivity contribution in [2.24, 2.45) is 5.92 Å². The number of hydrogen-bond acceptors (Lipinski definition) is 5. The first-order valence-electron chi connectivity index (χ1n) is 10.4. The Labute approximate surface area is 204 Å². The van der Waals surface area contributed by atoms with Crippen LogP contribution in [0.3, 0.4) is 0 Å². The van der Waals surface area contributed by atoms with Gasteiger partial charge in [-0.2, -0.15) is 0 Å². The number of carbonyl (C=O) groups is 1. The molecule has 1 amide bonds. The van der Waals surface area contributed by atoms with Crippen LogP contribution in [-0.4, -0.2) is 20.7 Å². The first kappa shape index (κ1) is 23.4. The maximum atomic E-state index is 13.4. The molecule has 32 heavy (non-hydrogen) atoms. The first-order chi connectivity index (χ1) is 15.3. The number of thioether (sulfide) groups is 1. The van der Waals surface area contributed by atoms with Gasteiger partial charge in [0, 0.05) is 27.2 Å². The van der Waals surface area contributed by atoms with E-state index in [2.05, 4.69) is 18.8 Å². The second kappa shape index (κ2) is 9.59. The highest BCUT2D eigenvalue weighted by atomic mass is 35.5. The smallest absolute Gasteiger partial charge is 0.263 e. The molecule has 0 spiro atoms. The average Bonchev–Trinajstić information content (AvgIpc) is 3.07. The van der Waals surface area contributed by atoms with Gasteiger partial charge in [-0.1, -0.05) is 48.0 Å². The third kappa shape index (κ3) is 4.76. The van der Waals surface area contributed by atoms with Gasteiger partial charge >= 0.3 is 0 Å². The van der Waals surface area contributed by atoms with Gasteiger partial charge in [-0.05, 0) is 55.9 Å². The molecule has 3 aromatic rings. The predicted octanol–water partition coefficient (Wildman–Crippen LogP) is 6.19. The van der Waals surface area contributed by atoms with Crippen molar-refractivity contribution in [1.29, 1.82) is 0 Å². The van der Waals surface area contributed by atoms with E-state index < -0.39 is 5.25 Å². The van der Waals surface area contributed by atoms with Crippen molar-refractivity contribution in [3.8, 4) is 0 Å². The second-order valence-electron chi connectivity index (χ2n) is 8.04. The zero-order chi connectivity index (χ0) is 23.0. The van der Waals surface area contributed by atoms with Crippen LogP contribution in [0.2, 0.25) is 10.0 Å².